The molecule has 5 nitrogen and oxygen atoms in total. The Labute approximate surface area is 162 Å². The van der Waals surface area contributed by atoms with Gasteiger partial charge in [0, 0.05) is 5.54 Å². The molecule has 1 amide bonds. The maximum absolute atomic E-state index is 12.6. The largest absolute Gasteiger partial charge is 0.349 e. The predicted octanol–water partition coefficient (Wildman–Crippen LogP) is 3.21. The van der Waals surface area contributed by atoms with Crippen LogP contribution in [0.1, 0.15) is 30.5 Å². The zero-order valence-electron chi connectivity index (χ0n) is 16.6. The van der Waals surface area contributed by atoms with Crippen LogP contribution in [0.5, 0.6) is 0 Å². The summed E-state index contributed by atoms with van der Waals surface area (Å²) in [7, 11) is -3.59. The van der Waals surface area contributed by atoms with Crippen LogP contribution >= 0.6 is 0 Å². The zero-order valence-corrected chi connectivity index (χ0v) is 17.4. The lowest BCUT2D eigenvalue weighted by Gasteiger charge is -2.29. The van der Waals surface area contributed by atoms with Crippen molar-refractivity contribution >= 4 is 21.6 Å². The Kier molecular flexibility index (Phi) is 6.31. The molecule has 27 heavy (non-hydrogen) atoms. The molecule has 0 spiro atoms. The predicted molar refractivity (Wildman–Crippen MR) is 110 cm³/mol. The van der Waals surface area contributed by atoms with Crippen molar-refractivity contribution < 1.29 is 13.2 Å². The van der Waals surface area contributed by atoms with Gasteiger partial charge < -0.3 is 5.32 Å². The second kappa shape index (κ2) is 8.13. The zero-order chi connectivity index (χ0) is 20.2. The molecule has 0 bridgehead atoms. The summed E-state index contributed by atoms with van der Waals surface area (Å²) in [5.74, 6) is -0.333. The molecular weight excluding hydrogens is 360 g/mol. The van der Waals surface area contributed by atoms with Crippen molar-refractivity contribution in [3.63, 3.8) is 0 Å². The van der Waals surface area contributed by atoms with Crippen molar-refractivity contribution in [2.45, 2.75) is 39.7 Å². The number of nitrogens with one attached hydrogen (secondary N) is 1. The van der Waals surface area contributed by atoms with Crippen LogP contribution in [0.2, 0.25) is 0 Å². The Balaban J connectivity index is 2.16. The van der Waals surface area contributed by atoms with Gasteiger partial charge in [-0.1, -0.05) is 36.4 Å². The Morgan fingerprint density at radius 2 is 1.59 bits per heavy atom. The topological polar surface area (TPSA) is 66.5 Å². The van der Waals surface area contributed by atoms with E-state index in [4.69, 9.17) is 0 Å². The Bertz CT molecular complexity index is 886. The quantitative estimate of drug-likeness (QED) is 0.792. The molecule has 0 unspecified atom stereocenters. The highest BCUT2D eigenvalue weighted by Gasteiger charge is 2.26. The summed E-state index contributed by atoms with van der Waals surface area (Å²) in [5, 5.41) is 2.96. The standard InChI is InChI=1S/C21H28N2O3S/c1-16-11-17(2)13-19(12-16)23(27(5,25)26)15-20(24)22-21(3,4)14-18-9-7-6-8-10-18/h6-13H,14-15H2,1-5H3,(H,22,24). The molecule has 0 radical (unpaired) electrons. The number of carbonyl (C=O) groups is 1. The fourth-order valence-corrected chi connectivity index (χ4v) is 4.03. The Hall–Kier alpha value is -2.34. The van der Waals surface area contributed by atoms with Gasteiger partial charge in [0.1, 0.15) is 6.54 Å². The number of hydrogen-bond donors (Lipinski definition) is 1. The van der Waals surface area contributed by atoms with Gasteiger partial charge in [0.15, 0.2) is 0 Å². The lowest BCUT2D eigenvalue weighted by atomic mass is 9.95. The van der Waals surface area contributed by atoms with Crippen molar-refractivity contribution in [2.24, 2.45) is 0 Å². The Morgan fingerprint density at radius 1 is 1.04 bits per heavy atom. The van der Waals surface area contributed by atoms with Crippen LogP contribution in [0, 0.1) is 13.8 Å². The van der Waals surface area contributed by atoms with E-state index in [2.05, 4.69) is 5.32 Å². The van der Waals surface area contributed by atoms with Crippen molar-refractivity contribution in [3.8, 4) is 0 Å². The van der Waals surface area contributed by atoms with Gasteiger partial charge in [0.2, 0.25) is 15.9 Å². The van der Waals surface area contributed by atoms with E-state index >= 15 is 0 Å². The minimum Gasteiger partial charge on any atom is -0.349 e. The third-order valence-corrected chi connectivity index (χ3v) is 5.29. The van der Waals surface area contributed by atoms with E-state index in [-0.39, 0.29) is 12.5 Å². The summed E-state index contributed by atoms with van der Waals surface area (Å²) in [5.41, 5.74) is 3.01. The van der Waals surface area contributed by atoms with Gasteiger partial charge in [0.25, 0.3) is 0 Å². The van der Waals surface area contributed by atoms with Crippen molar-refractivity contribution in [1.29, 1.82) is 0 Å². The van der Waals surface area contributed by atoms with Gasteiger partial charge >= 0.3 is 0 Å². The molecule has 0 aliphatic rings. The number of nitrogens with zero attached hydrogens (tertiary/aromatic N) is 1. The third-order valence-electron chi connectivity index (χ3n) is 4.15. The van der Waals surface area contributed by atoms with Crippen LogP contribution in [-0.2, 0) is 21.2 Å². The number of benzene rings is 2. The number of carbonyl (C=O) groups excluding carboxylic acids is 1. The molecule has 146 valence electrons. The van der Waals surface area contributed by atoms with E-state index < -0.39 is 15.6 Å². The molecule has 0 atom stereocenters. The summed E-state index contributed by atoms with van der Waals surface area (Å²) in [4.78, 5) is 12.6. The second-order valence-electron chi connectivity index (χ2n) is 7.71. The number of rotatable bonds is 7. The summed E-state index contributed by atoms with van der Waals surface area (Å²) in [6.45, 7) is 7.42. The highest BCUT2D eigenvalue weighted by atomic mass is 32.2. The minimum atomic E-state index is -3.59. The lowest BCUT2D eigenvalue weighted by molar-refractivity contribution is -0.121. The lowest BCUT2D eigenvalue weighted by Crippen LogP contribution is -2.50. The molecule has 0 heterocycles. The molecule has 0 aliphatic heterocycles. The van der Waals surface area contributed by atoms with E-state index in [1.807, 2.05) is 64.1 Å². The summed E-state index contributed by atoms with van der Waals surface area (Å²) in [6.07, 6.45) is 1.77. The highest BCUT2D eigenvalue weighted by molar-refractivity contribution is 7.92. The first kappa shape index (κ1) is 21.0. The second-order valence-corrected chi connectivity index (χ2v) is 9.62. The van der Waals surface area contributed by atoms with E-state index in [9.17, 15) is 13.2 Å². The van der Waals surface area contributed by atoms with Gasteiger partial charge in [-0.15, -0.1) is 0 Å². The third kappa shape index (κ3) is 6.40. The monoisotopic (exact) mass is 388 g/mol. The highest BCUT2D eigenvalue weighted by Crippen LogP contribution is 2.21. The molecule has 0 fully saturated rings. The first-order valence-electron chi connectivity index (χ1n) is 8.87. The van der Waals surface area contributed by atoms with Gasteiger partial charge in [-0.3, -0.25) is 9.10 Å². The van der Waals surface area contributed by atoms with E-state index in [0.717, 1.165) is 27.3 Å². The first-order chi connectivity index (χ1) is 12.5. The maximum atomic E-state index is 12.6. The SMILES string of the molecule is Cc1cc(C)cc(N(CC(=O)NC(C)(C)Cc2ccccc2)S(C)(=O)=O)c1. The molecule has 2 aromatic rings. The van der Waals surface area contributed by atoms with Gasteiger partial charge in [-0.25, -0.2) is 8.42 Å². The Morgan fingerprint density at radius 3 is 2.11 bits per heavy atom. The van der Waals surface area contributed by atoms with Gasteiger partial charge in [0.05, 0.1) is 11.9 Å². The molecule has 0 aromatic heterocycles. The van der Waals surface area contributed by atoms with E-state index in [1.54, 1.807) is 12.1 Å². The fraction of sp³-hybridized carbons (Fsp3) is 0.381. The molecule has 2 aromatic carbocycles. The van der Waals surface area contributed by atoms with Crippen molar-refractivity contribution in [2.75, 3.05) is 17.1 Å². The average molecular weight is 389 g/mol. The van der Waals surface area contributed by atoms with Gasteiger partial charge in [-0.2, -0.15) is 0 Å². The van der Waals surface area contributed by atoms with E-state index in [0.29, 0.717) is 12.1 Å². The first-order valence-corrected chi connectivity index (χ1v) is 10.7. The molecule has 0 aliphatic carbocycles. The van der Waals surface area contributed by atoms with Crippen molar-refractivity contribution in [1.82, 2.24) is 5.32 Å². The number of anilines is 1. The number of amides is 1. The van der Waals surface area contributed by atoms with Crippen LogP contribution < -0.4 is 9.62 Å². The molecule has 2 rings (SSSR count). The average Bonchev–Trinajstić information content (AvgIpc) is 2.50. The van der Waals surface area contributed by atoms with Gasteiger partial charge in [-0.05, 0) is 62.9 Å². The summed E-state index contributed by atoms with van der Waals surface area (Å²) >= 11 is 0. The molecule has 0 saturated carbocycles. The van der Waals surface area contributed by atoms with Crippen LogP contribution in [0.4, 0.5) is 5.69 Å². The smallest absolute Gasteiger partial charge is 0.241 e. The fourth-order valence-electron chi connectivity index (χ4n) is 3.19. The number of sulfonamides is 1. The molecule has 1 N–H and O–H groups in total. The van der Waals surface area contributed by atoms with Crippen molar-refractivity contribution in [3.05, 3.63) is 65.2 Å². The minimum absolute atomic E-state index is 0.250. The molecular formula is C21H28N2O3S. The van der Waals surface area contributed by atoms with Crippen LogP contribution in [0.3, 0.4) is 0 Å². The summed E-state index contributed by atoms with van der Waals surface area (Å²) < 4.78 is 25.7. The normalized spacial score (nSPS) is 11.9. The van der Waals surface area contributed by atoms with Crippen LogP contribution in [0.25, 0.3) is 0 Å². The van der Waals surface area contributed by atoms with Crippen LogP contribution in [-0.4, -0.2) is 32.7 Å². The molecule has 0 saturated heterocycles. The maximum Gasteiger partial charge on any atom is 0.241 e. The van der Waals surface area contributed by atoms with Crippen LogP contribution in [0.15, 0.2) is 48.5 Å². The van der Waals surface area contributed by atoms with E-state index in [1.165, 1.54) is 0 Å². The summed E-state index contributed by atoms with van der Waals surface area (Å²) in [6, 6.07) is 15.4. The number of aryl methyl sites for hydroxylation is 2. The number of hydrogen-bond acceptors (Lipinski definition) is 3. The molecule has 6 heteroatoms.